The number of thioether (sulfide) groups is 1. The predicted molar refractivity (Wildman–Crippen MR) is 79.8 cm³/mol. The third-order valence-electron chi connectivity index (χ3n) is 4.27. The molecule has 3 rings (SSSR count). The molecule has 0 aromatic heterocycles. The van der Waals surface area contributed by atoms with Crippen molar-refractivity contribution in [3.8, 4) is 0 Å². The zero-order valence-electron chi connectivity index (χ0n) is 10.6. The minimum Gasteiger partial charge on any atom is -0.316 e. The van der Waals surface area contributed by atoms with Gasteiger partial charge >= 0.3 is 0 Å². The summed E-state index contributed by atoms with van der Waals surface area (Å²) in [6, 6.07) is 8.83. The lowest BCUT2D eigenvalue weighted by atomic mass is 10.00. The monoisotopic (exact) mass is 281 g/mol. The van der Waals surface area contributed by atoms with Gasteiger partial charge in [0.2, 0.25) is 0 Å². The molecule has 1 saturated carbocycles. The summed E-state index contributed by atoms with van der Waals surface area (Å²) < 4.78 is 0. The molecule has 98 valence electrons. The highest BCUT2D eigenvalue weighted by Crippen LogP contribution is 2.48. The lowest BCUT2D eigenvalue weighted by Gasteiger charge is -2.17. The van der Waals surface area contributed by atoms with E-state index in [0.717, 1.165) is 19.0 Å². The van der Waals surface area contributed by atoms with E-state index >= 15 is 0 Å². The van der Waals surface area contributed by atoms with Gasteiger partial charge in [-0.25, -0.2) is 0 Å². The topological polar surface area (TPSA) is 12.0 Å². The van der Waals surface area contributed by atoms with Crippen LogP contribution in [0.25, 0.3) is 0 Å². The van der Waals surface area contributed by atoms with Crippen LogP contribution in [0.3, 0.4) is 0 Å². The Morgan fingerprint density at radius 2 is 2.17 bits per heavy atom. The summed E-state index contributed by atoms with van der Waals surface area (Å²) >= 11 is 7.87. The van der Waals surface area contributed by atoms with Crippen molar-refractivity contribution in [2.75, 3.05) is 24.7 Å². The fourth-order valence-electron chi connectivity index (χ4n) is 2.80. The van der Waals surface area contributed by atoms with Crippen LogP contribution in [0.4, 0.5) is 0 Å². The number of nitrogens with one attached hydrogen (secondary N) is 1. The highest BCUT2D eigenvalue weighted by molar-refractivity contribution is 7.99. The normalized spacial score (nSPS) is 23.9. The average molecular weight is 282 g/mol. The predicted octanol–water partition coefficient (Wildman–Crippen LogP) is 3.87. The standard InChI is InChI=1S/C15H20ClNS/c16-8-7-15(5-6-15)11-17-9-12-10-18-14-4-2-1-3-13(12)14/h1-4,12,17H,5-11H2. The fourth-order valence-corrected chi connectivity index (χ4v) is 4.46. The van der Waals surface area contributed by atoms with Gasteiger partial charge in [0.1, 0.15) is 0 Å². The van der Waals surface area contributed by atoms with Gasteiger partial charge in [0.15, 0.2) is 0 Å². The second-order valence-corrected chi connectivity index (χ2v) is 7.06. The fraction of sp³-hybridized carbons (Fsp3) is 0.600. The number of alkyl halides is 1. The van der Waals surface area contributed by atoms with Crippen molar-refractivity contribution in [1.82, 2.24) is 5.32 Å². The Kier molecular flexibility index (Phi) is 3.88. The summed E-state index contributed by atoms with van der Waals surface area (Å²) in [6.07, 6.45) is 3.91. The Bertz CT molecular complexity index is 417. The molecule has 1 aliphatic heterocycles. The van der Waals surface area contributed by atoms with Gasteiger partial charge in [-0.05, 0) is 36.3 Å². The third-order valence-corrected chi connectivity index (χ3v) is 5.71. The summed E-state index contributed by atoms with van der Waals surface area (Å²) in [5.41, 5.74) is 2.09. The van der Waals surface area contributed by atoms with E-state index in [1.165, 1.54) is 35.5 Å². The maximum Gasteiger partial charge on any atom is 0.0229 e. The van der Waals surface area contributed by atoms with E-state index in [2.05, 4.69) is 29.6 Å². The molecule has 0 saturated heterocycles. The summed E-state index contributed by atoms with van der Waals surface area (Å²) in [5.74, 6) is 2.73. The van der Waals surface area contributed by atoms with Crippen molar-refractivity contribution in [1.29, 1.82) is 0 Å². The molecule has 1 aliphatic carbocycles. The van der Waals surface area contributed by atoms with Gasteiger partial charge in [0.05, 0.1) is 0 Å². The zero-order valence-corrected chi connectivity index (χ0v) is 12.2. The van der Waals surface area contributed by atoms with Crippen molar-refractivity contribution in [3.63, 3.8) is 0 Å². The Balaban J connectivity index is 1.50. The van der Waals surface area contributed by atoms with Gasteiger partial charge in [-0.2, -0.15) is 0 Å². The molecule has 1 unspecified atom stereocenters. The van der Waals surface area contributed by atoms with Gasteiger partial charge < -0.3 is 5.32 Å². The quantitative estimate of drug-likeness (QED) is 0.795. The number of fused-ring (bicyclic) bond motifs is 1. The first-order chi connectivity index (χ1) is 8.83. The van der Waals surface area contributed by atoms with Crippen LogP contribution in [0.1, 0.15) is 30.7 Å². The van der Waals surface area contributed by atoms with E-state index < -0.39 is 0 Å². The Labute approximate surface area is 119 Å². The SMILES string of the molecule is ClCCC1(CNCC2CSc3ccccc32)CC1. The van der Waals surface area contributed by atoms with Crippen LogP contribution in [0.15, 0.2) is 29.2 Å². The Morgan fingerprint density at radius 3 is 2.94 bits per heavy atom. The van der Waals surface area contributed by atoms with Crippen LogP contribution in [0.2, 0.25) is 0 Å². The lowest BCUT2D eigenvalue weighted by molar-refractivity contribution is 0.439. The minimum absolute atomic E-state index is 0.549. The van der Waals surface area contributed by atoms with Crippen molar-refractivity contribution < 1.29 is 0 Å². The number of halogens is 1. The lowest BCUT2D eigenvalue weighted by Crippen LogP contribution is -2.28. The van der Waals surface area contributed by atoms with E-state index in [9.17, 15) is 0 Å². The Morgan fingerprint density at radius 1 is 1.33 bits per heavy atom. The van der Waals surface area contributed by atoms with Crippen LogP contribution in [0.5, 0.6) is 0 Å². The molecule has 0 spiro atoms. The molecule has 3 heteroatoms. The van der Waals surface area contributed by atoms with E-state index in [0.29, 0.717) is 11.3 Å². The van der Waals surface area contributed by atoms with Crippen LogP contribution in [0, 0.1) is 5.41 Å². The smallest absolute Gasteiger partial charge is 0.0229 e. The highest BCUT2D eigenvalue weighted by atomic mass is 35.5. The Hall–Kier alpha value is -0.180. The van der Waals surface area contributed by atoms with Gasteiger partial charge in [-0.15, -0.1) is 23.4 Å². The van der Waals surface area contributed by atoms with Gasteiger partial charge in [0, 0.05) is 35.5 Å². The number of hydrogen-bond acceptors (Lipinski definition) is 2. The molecule has 0 amide bonds. The summed E-state index contributed by atoms with van der Waals surface area (Å²) in [4.78, 5) is 1.48. The molecular formula is C15H20ClNS. The highest BCUT2D eigenvalue weighted by Gasteiger charge is 2.41. The van der Waals surface area contributed by atoms with Crippen LogP contribution in [-0.4, -0.2) is 24.7 Å². The molecule has 2 aliphatic rings. The first-order valence-electron chi connectivity index (χ1n) is 6.81. The van der Waals surface area contributed by atoms with Crippen LogP contribution >= 0.6 is 23.4 Å². The minimum atomic E-state index is 0.549. The van der Waals surface area contributed by atoms with Crippen molar-refractivity contribution in [3.05, 3.63) is 29.8 Å². The third kappa shape index (κ3) is 2.71. The van der Waals surface area contributed by atoms with Crippen molar-refractivity contribution >= 4 is 23.4 Å². The van der Waals surface area contributed by atoms with E-state index in [1.54, 1.807) is 0 Å². The molecule has 1 nitrogen and oxygen atoms in total. The largest absolute Gasteiger partial charge is 0.316 e. The molecule has 1 aromatic rings. The maximum atomic E-state index is 5.87. The van der Waals surface area contributed by atoms with Gasteiger partial charge in [-0.3, -0.25) is 0 Å². The maximum absolute atomic E-state index is 5.87. The van der Waals surface area contributed by atoms with E-state index in [1.807, 2.05) is 11.8 Å². The molecule has 0 radical (unpaired) electrons. The van der Waals surface area contributed by atoms with E-state index in [-0.39, 0.29) is 0 Å². The molecule has 0 bridgehead atoms. The first kappa shape index (κ1) is 12.8. The molecule has 1 N–H and O–H groups in total. The summed E-state index contributed by atoms with van der Waals surface area (Å²) in [7, 11) is 0. The van der Waals surface area contributed by atoms with Crippen LogP contribution in [-0.2, 0) is 0 Å². The van der Waals surface area contributed by atoms with Gasteiger partial charge in [-0.1, -0.05) is 18.2 Å². The summed E-state index contributed by atoms with van der Waals surface area (Å²) in [6.45, 7) is 2.27. The molecule has 1 fully saturated rings. The molecule has 1 atom stereocenters. The average Bonchev–Trinajstić information content (AvgIpc) is 3.02. The van der Waals surface area contributed by atoms with E-state index in [4.69, 9.17) is 11.6 Å². The zero-order chi connectivity index (χ0) is 12.4. The van der Waals surface area contributed by atoms with Crippen molar-refractivity contribution in [2.45, 2.75) is 30.1 Å². The van der Waals surface area contributed by atoms with Crippen molar-refractivity contribution in [2.24, 2.45) is 5.41 Å². The molecule has 1 heterocycles. The van der Waals surface area contributed by atoms with Gasteiger partial charge in [0.25, 0.3) is 0 Å². The number of hydrogen-bond donors (Lipinski definition) is 1. The first-order valence-corrected chi connectivity index (χ1v) is 8.33. The molecular weight excluding hydrogens is 262 g/mol. The number of benzene rings is 1. The van der Waals surface area contributed by atoms with Crippen LogP contribution < -0.4 is 5.32 Å². The molecule has 18 heavy (non-hydrogen) atoms. The molecule has 1 aromatic carbocycles. The second kappa shape index (κ2) is 5.44. The number of rotatable bonds is 6. The summed E-state index contributed by atoms with van der Waals surface area (Å²) in [5, 5.41) is 3.68. The second-order valence-electron chi connectivity index (χ2n) is 5.62.